The van der Waals surface area contributed by atoms with Crippen molar-refractivity contribution in [1.29, 1.82) is 0 Å². The number of methoxy groups -OCH3 is 1. The summed E-state index contributed by atoms with van der Waals surface area (Å²) in [6.07, 6.45) is -0.697. The molecule has 2 amide bonds. The normalized spacial score (nSPS) is 11.4. The molecule has 6 nitrogen and oxygen atoms in total. The third kappa shape index (κ3) is 5.24. The molecule has 0 spiro atoms. The summed E-state index contributed by atoms with van der Waals surface area (Å²) in [6, 6.07) is 12.5. The molecule has 0 heterocycles. The number of amides is 2. The molecule has 0 saturated heterocycles. The Kier molecular flexibility index (Phi) is 6.00. The van der Waals surface area contributed by atoms with Crippen LogP contribution in [0.15, 0.2) is 42.5 Å². The van der Waals surface area contributed by atoms with Crippen LogP contribution in [0.25, 0.3) is 0 Å². The third-order valence-electron chi connectivity index (χ3n) is 3.48. The van der Waals surface area contributed by atoms with E-state index in [4.69, 9.17) is 9.47 Å². The van der Waals surface area contributed by atoms with Crippen LogP contribution in [-0.4, -0.2) is 25.0 Å². The van der Waals surface area contributed by atoms with Gasteiger partial charge in [0.2, 0.25) is 5.91 Å². The fourth-order valence-electron chi connectivity index (χ4n) is 2.20. The SMILES string of the molecule is COc1ccc(NC(C)=O)cc1NC(=O)C(C)Oc1ccc(C)cc1. The summed E-state index contributed by atoms with van der Waals surface area (Å²) in [6.45, 7) is 5.06. The van der Waals surface area contributed by atoms with Crippen molar-refractivity contribution < 1.29 is 19.1 Å². The molecule has 2 aromatic rings. The van der Waals surface area contributed by atoms with Crippen LogP contribution in [0.3, 0.4) is 0 Å². The monoisotopic (exact) mass is 342 g/mol. The highest BCUT2D eigenvalue weighted by Gasteiger charge is 2.17. The lowest BCUT2D eigenvalue weighted by Crippen LogP contribution is -2.30. The van der Waals surface area contributed by atoms with E-state index < -0.39 is 6.10 Å². The first-order chi connectivity index (χ1) is 11.9. The molecule has 132 valence electrons. The van der Waals surface area contributed by atoms with Crippen molar-refractivity contribution in [1.82, 2.24) is 0 Å². The van der Waals surface area contributed by atoms with Gasteiger partial charge in [0.1, 0.15) is 11.5 Å². The minimum absolute atomic E-state index is 0.196. The van der Waals surface area contributed by atoms with Crippen molar-refractivity contribution in [3.63, 3.8) is 0 Å². The maximum atomic E-state index is 12.4. The van der Waals surface area contributed by atoms with Gasteiger partial charge in [-0.05, 0) is 44.2 Å². The third-order valence-corrected chi connectivity index (χ3v) is 3.48. The van der Waals surface area contributed by atoms with Crippen LogP contribution in [0.2, 0.25) is 0 Å². The van der Waals surface area contributed by atoms with E-state index >= 15 is 0 Å². The first-order valence-electron chi connectivity index (χ1n) is 7.89. The summed E-state index contributed by atoms with van der Waals surface area (Å²) < 4.78 is 10.9. The summed E-state index contributed by atoms with van der Waals surface area (Å²) in [5.74, 6) is 0.592. The summed E-state index contributed by atoms with van der Waals surface area (Å²) in [5.41, 5.74) is 2.14. The van der Waals surface area contributed by atoms with Crippen LogP contribution in [0.5, 0.6) is 11.5 Å². The molecule has 1 unspecified atom stereocenters. The molecule has 2 N–H and O–H groups in total. The topological polar surface area (TPSA) is 76.7 Å². The summed E-state index contributed by atoms with van der Waals surface area (Å²) >= 11 is 0. The number of rotatable bonds is 6. The fourth-order valence-corrected chi connectivity index (χ4v) is 2.20. The molecule has 1 atom stereocenters. The van der Waals surface area contributed by atoms with Crippen LogP contribution in [0, 0.1) is 6.92 Å². The maximum absolute atomic E-state index is 12.4. The van der Waals surface area contributed by atoms with Crippen molar-refractivity contribution in [3.05, 3.63) is 48.0 Å². The van der Waals surface area contributed by atoms with E-state index in [0.717, 1.165) is 5.56 Å². The number of nitrogens with one attached hydrogen (secondary N) is 2. The number of hydrogen-bond acceptors (Lipinski definition) is 4. The van der Waals surface area contributed by atoms with E-state index in [1.54, 1.807) is 25.1 Å². The van der Waals surface area contributed by atoms with Gasteiger partial charge in [0.05, 0.1) is 12.8 Å². The first-order valence-corrected chi connectivity index (χ1v) is 7.89. The average Bonchev–Trinajstić information content (AvgIpc) is 2.56. The molecule has 0 aliphatic heterocycles. The lowest BCUT2D eigenvalue weighted by atomic mass is 10.2. The number of benzene rings is 2. The van der Waals surface area contributed by atoms with Crippen molar-refractivity contribution in [2.24, 2.45) is 0 Å². The molecule has 6 heteroatoms. The standard InChI is InChI=1S/C19H22N2O4/c1-12-5-8-16(9-6-12)25-13(2)19(23)21-17-11-15(20-14(3)22)7-10-18(17)24-4/h5-11,13H,1-4H3,(H,20,22)(H,21,23). The number of anilines is 2. The summed E-state index contributed by atoms with van der Waals surface area (Å²) in [7, 11) is 1.51. The van der Waals surface area contributed by atoms with Gasteiger partial charge in [-0.15, -0.1) is 0 Å². The molecule has 2 aromatic carbocycles. The second-order valence-corrected chi connectivity index (χ2v) is 5.66. The molecular weight excluding hydrogens is 320 g/mol. The second kappa shape index (κ2) is 8.19. The van der Waals surface area contributed by atoms with Gasteiger partial charge in [0.25, 0.3) is 5.91 Å². The van der Waals surface area contributed by atoms with Crippen molar-refractivity contribution in [2.45, 2.75) is 26.9 Å². The Labute approximate surface area is 147 Å². The minimum Gasteiger partial charge on any atom is -0.495 e. The van der Waals surface area contributed by atoms with Gasteiger partial charge in [0, 0.05) is 12.6 Å². The fraction of sp³-hybridized carbons (Fsp3) is 0.263. The highest BCUT2D eigenvalue weighted by Crippen LogP contribution is 2.28. The number of carbonyl (C=O) groups excluding carboxylic acids is 2. The van der Waals surface area contributed by atoms with E-state index in [1.165, 1.54) is 14.0 Å². The van der Waals surface area contributed by atoms with Crippen LogP contribution in [0.1, 0.15) is 19.4 Å². The Morgan fingerprint density at radius 1 is 1.04 bits per heavy atom. The lowest BCUT2D eigenvalue weighted by molar-refractivity contribution is -0.122. The predicted octanol–water partition coefficient (Wildman–Crippen LogP) is 3.37. The van der Waals surface area contributed by atoms with E-state index in [1.807, 2.05) is 31.2 Å². The first kappa shape index (κ1) is 18.3. The zero-order chi connectivity index (χ0) is 18.4. The Bertz CT molecular complexity index is 757. The molecule has 0 bridgehead atoms. The zero-order valence-electron chi connectivity index (χ0n) is 14.8. The van der Waals surface area contributed by atoms with Crippen molar-refractivity contribution in [2.75, 3.05) is 17.7 Å². The molecule has 0 aliphatic rings. The van der Waals surface area contributed by atoms with Crippen LogP contribution >= 0.6 is 0 Å². The second-order valence-electron chi connectivity index (χ2n) is 5.66. The van der Waals surface area contributed by atoms with Gasteiger partial charge in [-0.1, -0.05) is 17.7 Å². The number of ether oxygens (including phenoxy) is 2. The van der Waals surface area contributed by atoms with Gasteiger partial charge in [-0.2, -0.15) is 0 Å². The van der Waals surface area contributed by atoms with Crippen molar-refractivity contribution >= 4 is 23.2 Å². The largest absolute Gasteiger partial charge is 0.495 e. The van der Waals surface area contributed by atoms with Gasteiger partial charge >= 0.3 is 0 Å². The molecule has 0 radical (unpaired) electrons. The molecule has 0 fully saturated rings. The summed E-state index contributed by atoms with van der Waals surface area (Å²) in [4.78, 5) is 23.6. The lowest BCUT2D eigenvalue weighted by Gasteiger charge is -2.17. The number of aryl methyl sites for hydroxylation is 1. The van der Waals surface area contributed by atoms with Gasteiger partial charge < -0.3 is 20.1 Å². The number of hydrogen-bond donors (Lipinski definition) is 2. The highest BCUT2D eigenvalue weighted by atomic mass is 16.5. The molecule has 0 saturated carbocycles. The summed E-state index contributed by atoms with van der Waals surface area (Å²) in [5, 5.41) is 5.43. The Morgan fingerprint density at radius 3 is 2.32 bits per heavy atom. The number of carbonyl (C=O) groups is 2. The Balaban J connectivity index is 2.09. The average molecular weight is 342 g/mol. The Morgan fingerprint density at radius 2 is 1.72 bits per heavy atom. The van der Waals surface area contributed by atoms with Gasteiger partial charge in [-0.3, -0.25) is 9.59 Å². The highest BCUT2D eigenvalue weighted by molar-refractivity contribution is 5.97. The quantitative estimate of drug-likeness (QED) is 0.844. The molecular formula is C19H22N2O4. The molecule has 0 aliphatic carbocycles. The molecule has 25 heavy (non-hydrogen) atoms. The van der Waals surface area contributed by atoms with E-state index in [9.17, 15) is 9.59 Å². The van der Waals surface area contributed by atoms with Crippen LogP contribution in [0.4, 0.5) is 11.4 Å². The predicted molar refractivity (Wildman–Crippen MR) is 97.2 cm³/mol. The maximum Gasteiger partial charge on any atom is 0.265 e. The molecule has 2 rings (SSSR count). The van der Waals surface area contributed by atoms with E-state index in [2.05, 4.69) is 10.6 Å². The van der Waals surface area contributed by atoms with Crippen LogP contribution in [-0.2, 0) is 9.59 Å². The van der Waals surface area contributed by atoms with Gasteiger partial charge in [-0.25, -0.2) is 0 Å². The van der Waals surface area contributed by atoms with Gasteiger partial charge in [0.15, 0.2) is 6.10 Å². The zero-order valence-corrected chi connectivity index (χ0v) is 14.8. The van der Waals surface area contributed by atoms with Crippen molar-refractivity contribution in [3.8, 4) is 11.5 Å². The minimum atomic E-state index is -0.697. The Hall–Kier alpha value is -3.02. The molecule has 0 aromatic heterocycles. The van der Waals surface area contributed by atoms with Crippen LogP contribution < -0.4 is 20.1 Å². The smallest absolute Gasteiger partial charge is 0.265 e. The van der Waals surface area contributed by atoms with E-state index in [-0.39, 0.29) is 11.8 Å². The van der Waals surface area contributed by atoms with E-state index in [0.29, 0.717) is 22.9 Å².